The topological polar surface area (TPSA) is 148 Å². The summed E-state index contributed by atoms with van der Waals surface area (Å²) in [4.78, 5) is 12.7. The van der Waals surface area contributed by atoms with Gasteiger partial charge in [0.1, 0.15) is 17.7 Å². The van der Waals surface area contributed by atoms with Gasteiger partial charge in [0, 0.05) is 35.3 Å². The van der Waals surface area contributed by atoms with Gasteiger partial charge in [0.25, 0.3) is 0 Å². The second-order valence-corrected chi connectivity index (χ2v) is 9.21. The van der Waals surface area contributed by atoms with Crippen LogP contribution in [0.4, 0.5) is 11.4 Å². The Balaban J connectivity index is 0.000000188. The van der Waals surface area contributed by atoms with Gasteiger partial charge in [0.2, 0.25) is 0 Å². The third-order valence-electron chi connectivity index (χ3n) is 6.54. The molecule has 6 aromatic rings. The van der Waals surface area contributed by atoms with Crippen LogP contribution in [0.15, 0.2) is 65.7 Å². The van der Waals surface area contributed by atoms with Crippen molar-refractivity contribution in [3.8, 4) is 35.1 Å². The van der Waals surface area contributed by atoms with Gasteiger partial charge in [0.15, 0.2) is 35.0 Å². The van der Waals surface area contributed by atoms with E-state index in [4.69, 9.17) is 40.2 Å². The van der Waals surface area contributed by atoms with Crippen molar-refractivity contribution in [2.45, 2.75) is 0 Å². The van der Waals surface area contributed by atoms with Crippen LogP contribution >= 0.6 is 11.6 Å². The van der Waals surface area contributed by atoms with Gasteiger partial charge < -0.3 is 28.7 Å². The molecular formula is C31H23ClN6O5. The first-order chi connectivity index (χ1) is 21.0. The molecule has 3 aromatic heterocycles. The number of halogens is 1. The molecule has 0 bridgehead atoms. The van der Waals surface area contributed by atoms with E-state index in [9.17, 15) is 5.26 Å². The Labute approximate surface area is 250 Å². The van der Waals surface area contributed by atoms with Gasteiger partial charge in [-0.3, -0.25) is 9.97 Å². The highest BCUT2D eigenvalue weighted by Gasteiger charge is 2.16. The largest absolute Gasteiger partial charge is 0.493 e. The summed E-state index contributed by atoms with van der Waals surface area (Å²) in [5.41, 5.74) is 4.74. The van der Waals surface area contributed by atoms with Crippen LogP contribution in [0.1, 0.15) is 11.1 Å². The van der Waals surface area contributed by atoms with Crippen LogP contribution in [0.25, 0.3) is 32.9 Å². The Kier molecular flexibility index (Phi) is 8.28. The van der Waals surface area contributed by atoms with Crippen molar-refractivity contribution >= 4 is 55.9 Å². The van der Waals surface area contributed by atoms with E-state index in [0.717, 1.165) is 10.9 Å². The Morgan fingerprint density at radius 2 is 1.28 bits per heavy atom. The highest BCUT2D eigenvalue weighted by molar-refractivity contribution is 6.36. The number of oxazole rings is 1. The molecule has 3 aromatic carbocycles. The predicted molar refractivity (Wildman–Crippen MR) is 161 cm³/mol. The summed E-state index contributed by atoms with van der Waals surface area (Å²) in [6, 6.07) is 16.8. The van der Waals surface area contributed by atoms with Crippen LogP contribution in [0, 0.1) is 22.7 Å². The third kappa shape index (κ3) is 5.45. The van der Waals surface area contributed by atoms with E-state index in [1.807, 2.05) is 24.3 Å². The second-order valence-electron chi connectivity index (χ2n) is 8.84. The van der Waals surface area contributed by atoms with Gasteiger partial charge in [-0.2, -0.15) is 10.5 Å². The SMILES string of the molecule is COc1cc2ncc(C#N)c(Cl)c2cc1OC.COc1cc2ncc(C#N)c(Nc3cccc4ncoc34)c2cc1OC. The van der Waals surface area contributed by atoms with Crippen LogP contribution in [-0.2, 0) is 0 Å². The van der Waals surface area contributed by atoms with Crippen LogP contribution in [0.3, 0.4) is 0 Å². The van der Waals surface area contributed by atoms with Crippen LogP contribution in [0.5, 0.6) is 23.0 Å². The lowest BCUT2D eigenvalue weighted by Gasteiger charge is -2.14. The maximum Gasteiger partial charge on any atom is 0.182 e. The number of rotatable bonds is 6. The molecular weight excluding hydrogens is 572 g/mol. The molecule has 0 radical (unpaired) electrons. The minimum absolute atomic E-state index is 0.339. The molecule has 0 saturated carbocycles. The van der Waals surface area contributed by atoms with Gasteiger partial charge in [-0.25, -0.2) is 4.98 Å². The molecule has 0 spiro atoms. The number of fused-ring (bicyclic) bond motifs is 3. The summed E-state index contributed by atoms with van der Waals surface area (Å²) < 4.78 is 26.5. The van der Waals surface area contributed by atoms with Crippen LogP contribution in [0.2, 0.25) is 5.02 Å². The standard InChI is InChI=1S/C19H14N4O3.C12H9ClN2O2/c1-24-16-6-12-15(7-17(16)25-2)21-9-11(8-20)18(12)23-14-5-3-4-13-19(14)26-10-22-13;1-16-10-3-8-9(4-11(10)17-2)15-6-7(5-14)12(8)13/h3-7,9-10H,1-2H3,(H,21,23);3-4,6H,1-2H3. The van der Waals surface area contributed by atoms with E-state index in [0.29, 0.717) is 72.5 Å². The molecule has 0 aliphatic heterocycles. The number of pyridine rings is 2. The molecule has 0 amide bonds. The molecule has 0 fully saturated rings. The van der Waals surface area contributed by atoms with E-state index >= 15 is 0 Å². The summed E-state index contributed by atoms with van der Waals surface area (Å²) >= 11 is 6.11. The lowest BCUT2D eigenvalue weighted by Crippen LogP contribution is -1.99. The fourth-order valence-corrected chi connectivity index (χ4v) is 4.66. The molecule has 0 aliphatic rings. The van der Waals surface area contributed by atoms with Gasteiger partial charge in [-0.1, -0.05) is 17.7 Å². The number of aromatic nitrogens is 3. The zero-order chi connectivity index (χ0) is 30.5. The number of hydrogen-bond acceptors (Lipinski definition) is 11. The average molecular weight is 595 g/mol. The van der Waals surface area contributed by atoms with Crippen molar-refractivity contribution in [1.82, 2.24) is 15.0 Å². The van der Waals surface area contributed by atoms with Crippen LogP contribution in [-0.4, -0.2) is 43.4 Å². The van der Waals surface area contributed by atoms with Crippen molar-refractivity contribution in [3.05, 3.63) is 77.4 Å². The number of nitrogens with zero attached hydrogens (tertiary/aromatic N) is 5. The highest BCUT2D eigenvalue weighted by Crippen LogP contribution is 2.38. The van der Waals surface area contributed by atoms with Gasteiger partial charge >= 0.3 is 0 Å². The number of benzene rings is 3. The summed E-state index contributed by atoms with van der Waals surface area (Å²) in [6.07, 6.45) is 4.35. The number of methoxy groups -OCH3 is 4. The summed E-state index contributed by atoms with van der Waals surface area (Å²) in [7, 11) is 6.22. The molecule has 11 nitrogen and oxygen atoms in total. The zero-order valence-corrected chi connectivity index (χ0v) is 24.2. The molecule has 214 valence electrons. The van der Waals surface area contributed by atoms with E-state index in [2.05, 4.69) is 26.3 Å². The monoisotopic (exact) mass is 594 g/mol. The van der Waals surface area contributed by atoms with Crippen LogP contribution < -0.4 is 24.3 Å². The summed E-state index contributed by atoms with van der Waals surface area (Å²) in [5, 5.41) is 23.5. The summed E-state index contributed by atoms with van der Waals surface area (Å²) in [5.74, 6) is 2.25. The normalized spacial score (nSPS) is 10.4. The Hall–Kier alpha value is -5.78. The van der Waals surface area contributed by atoms with Crippen molar-refractivity contribution in [1.29, 1.82) is 10.5 Å². The number of anilines is 2. The average Bonchev–Trinajstić information content (AvgIpc) is 3.54. The molecule has 1 N–H and O–H groups in total. The predicted octanol–water partition coefficient (Wildman–Crippen LogP) is 6.79. The van der Waals surface area contributed by atoms with Gasteiger partial charge in [0.05, 0.1) is 67.0 Å². The van der Waals surface area contributed by atoms with E-state index < -0.39 is 0 Å². The number of hydrogen-bond donors (Lipinski definition) is 1. The van der Waals surface area contributed by atoms with E-state index in [-0.39, 0.29) is 0 Å². The molecule has 12 heteroatoms. The van der Waals surface area contributed by atoms with Gasteiger partial charge in [-0.15, -0.1) is 0 Å². The number of nitrogens with one attached hydrogen (secondary N) is 1. The molecule has 0 aliphatic carbocycles. The number of nitriles is 2. The first-order valence-corrected chi connectivity index (χ1v) is 13.0. The lowest BCUT2D eigenvalue weighted by molar-refractivity contribution is 0.356. The van der Waals surface area contributed by atoms with E-state index in [1.165, 1.54) is 18.8 Å². The zero-order valence-electron chi connectivity index (χ0n) is 23.4. The quantitative estimate of drug-likeness (QED) is 0.217. The van der Waals surface area contributed by atoms with Gasteiger partial charge in [-0.05, 0) is 24.3 Å². The van der Waals surface area contributed by atoms with E-state index in [1.54, 1.807) is 52.7 Å². The van der Waals surface area contributed by atoms with Crippen molar-refractivity contribution in [3.63, 3.8) is 0 Å². The number of para-hydroxylation sites is 1. The maximum atomic E-state index is 9.53. The summed E-state index contributed by atoms with van der Waals surface area (Å²) in [6.45, 7) is 0. The minimum Gasteiger partial charge on any atom is -0.493 e. The minimum atomic E-state index is 0.339. The van der Waals surface area contributed by atoms with Crippen molar-refractivity contribution in [2.75, 3.05) is 33.8 Å². The third-order valence-corrected chi connectivity index (χ3v) is 6.95. The molecule has 0 atom stereocenters. The molecule has 6 rings (SSSR count). The Morgan fingerprint density at radius 3 is 1.88 bits per heavy atom. The van der Waals surface area contributed by atoms with Crippen molar-refractivity contribution < 1.29 is 23.4 Å². The first kappa shape index (κ1) is 28.7. The number of ether oxygens (including phenoxy) is 4. The lowest BCUT2D eigenvalue weighted by atomic mass is 10.1. The molecule has 43 heavy (non-hydrogen) atoms. The molecule has 3 heterocycles. The van der Waals surface area contributed by atoms with Crippen molar-refractivity contribution in [2.24, 2.45) is 0 Å². The first-order valence-electron chi connectivity index (χ1n) is 12.6. The Bertz CT molecular complexity index is 2070. The fourth-order valence-electron chi connectivity index (χ4n) is 4.42. The molecule has 0 saturated heterocycles. The maximum absolute atomic E-state index is 9.53. The smallest absolute Gasteiger partial charge is 0.182 e. The molecule has 0 unspecified atom stereocenters. The fraction of sp³-hybridized carbons (Fsp3) is 0.129. The Morgan fingerprint density at radius 1 is 0.721 bits per heavy atom. The second kappa shape index (κ2) is 12.4. The highest BCUT2D eigenvalue weighted by atomic mass is 35.5.